The highest BCUT2D eigenvalue weighted by atomic mass is 16.5. The minimum atomic E-state index is -0.194. The highest BCUT2D eigenvalue weighted by Crippen LogP contribution is 2.15. The van der Waals surface area contributed by atoms with Crippen LogP contribution in [0.1, 0.15) is 18.9 Å². The predicted octanol–water partition coefficient (Wildman–Crippen LogP) is 2.69. The van der Waals surface area contributed by atoms with Gasteiger partial charge in [-0.1, -0.05) is 30.4 Å². The molecule has 3 nitrogen and oxygen atoms in total. The fourth-order valence-electron chi connectivity index (χ4n) is 1.37. The number of ether oxygens (including phenoxy) is 1. The smallest absolute Gasteiger partial charge is 0.309 e. The lowest BCUT2D eigenvalue weighted by Crippen LogP contribution is -2.01. The molecular formula is C13H17NO2. The lowest BCUT2D eigenvalue weighted by Gasteiger charge is -2.03. The third-order valence-corrected chi connectivity index (χ3v) is 2.12. The third-order valence-electron chi connectivity index (χ3n) is 2.12. The number of hydrogen-bond donors (Lipinski definition) is 1. The van der Waals surface area contributed by atoms with Crippen LogP contribution in [0.25, 0.3) is 6.08 Å². The zero-order valence-corrected chi connectivity index (χ0v) is 9.69. The number of benzene rings is 1. The largest absolute Gasteiger partial charge is 0.466 e. The Hall–Kier alpha value is -1.77. The van der Waals surface area contributed by atoms with Crippen LogP contribution in [0.3, 0.4) is 0 Å². The highest BCUT2D eigenvalue weighted by Gasteiger charge is 1.98. The first-order valence-electron chi connectivity index (χ1n) is 5.37. The van der Waals surface area contributed by atoms with E-state index in [1.54, 1.807) is 6.92 Å². The van der Waals surface area contributed by atoms with E-state index in [1.165, 1.54) is 0 Å². The number of anilines is 1. The zero-order valence-electron chi connectivity index (χ0n) is 9.69. The Morgan fingerprint density at radius 1 is 1.44 bits per heavy atom. The van der Waals surface area contributed by atoms with Gasteiger partial charge in [0.25, 0.3) is 0 Å². The van der Waals surface area contributed by atoms with Crippen molar-refractivity contribution in [1.29, 1.82) is 0 Å². The molecule has 0 amide bonds. The van der Waals surface area contributed by atoms with Gasteiger partial charge in [0.1, 0.15) is 0 Å². The molecule has 0 heterocycles. The van der Waals surface area contributed by atoms with Crippen LogP contribution in [0.2, 0.25) is 0 Å². The van der Waals surface area contributed by atoms with Crippen LogP contribution in [0.4, 0.5) is 5.69 Å². The van der Waals surface area contributed by atoms with Crippen LogP contribution in [0, 0.1) is 0 Å². The fourth-order valence-corrected chi connectivity index (χ4v) is 1.37. The summed E-state index contributed by atoms with van der Waals surface area (Å²) in [6.07, 6.45) is 4.04. The van der Waals surface area contributed by atoms with E-state index < -0.39 is 0 Å². The fraction of sp³-hybridized carbons (Fsp3) is 0.308. The molecule has 1 rings (SSSR count). The van der Waals surface area contributed by atoms with Crippen molar-refractivity contribution in [1.82, 2.24) is 0 Å². The second-order valence-corrected chi connectivity index (χ2v) is 3.25. The first-order chi connectivity index (χ1) is 7.77. The van der Waals surface area contributed by atoms with Gasteiger partial charge < -0.3 is 10.1 Å². The molecule has 86 valence electrons. The van der Waals surface area contributed by atoms with E-state index in [-0.39, 0.29) is 5.97 Å². The standard InChI is InChI=1S/C13H17NO2/c1-3-16-13(15)10-6-8-11-7-4-5-9-12(11)14-2/h4-9,14H,3,10H2,1-2H3/b8-6+. The van der Waals surface area contributed by atoms with Gasteiger partial charge in [-0.2, -0.15) is 0 Å². The molecule has 0 bridgehead atoms. The quantitative estimate of drug-likeness (QED) is 0.774. The maximum absolute atomic E-state index is 11.1. The van der Waals surface area contributed by atoms with E-state index in [0.29, 0.717) is 13.0 Å². The topological polar surface area (TPSA) is 38.3 Å². The van der Waals surface area contributed by atoms with Gasteiger partial charge in [0, 0.05) is 12.7 Å². The second kappa shape index (κ2) is 6.67. The maximum atomic E-state index is 11.1. The third kappa shape index (κ3) is 3.77. The number of esters is 1. The first kappa shape index (κ1) is 12.3. The number of para-hydroxylation sites is 1. The Labute approximate surface area is 96.1 Å². The predicted molar refractivity (Wildman–Crippen MR) is 66.3 cm³/mol. The average molecular weight is 219 g/mol. The van der Waals surface area contributed by atoms with Crippen molar-refractivity contribution in [3.8, 4) is 0 Å². The average Bonchev–Trinajstić information content (AvgIpc) is 2.30. The molecule has 1 aromatic carbocycles. The van der Waals surface area contributed by atoms with Gasteiger partial charge in [-0.25, -0.2) is 0 Å². The molecule has 0 aliphatic heterocycles. The van der Waals surface area contributed by atoms with Crippen molar-refractivity contribution in [2.45, 2.75) is 13.3 Å². The number of hydrogen-bond acceptors (Lipinski definition) is 3. The summed E-state index contributed by atoms with van der Waals surface area (Å²) >= 11 is 0. The monoisotopic (exact) mass is 219 g/mol. The summed E-state index contributed by atoms with van der Waals surface area (Å²) in [5.41, 5.74) is 2.11. The van der Waals surface area contributed by atoms with Gasteiger partial charge in [0.15, 0.2) is 0 Å². The SMILES string of the molecule is CCOC(=O)C/C=C/c1ccccc1NC. The molecule has 1 N–H and O–H groups in total. The molecule has 0 saturated heterocycles. The lowest BCUT2D eigenvalue weighted by atomic mass is 10.1. The van der Waals surface area contributed by atoms with E-state index in [9.17, 15) is 4.79 Å². The first-order valence-corrected chi connectivity index (χ1v) is 5.37. The Morgan fingerprint density at radius 3 is 2.88 bits per heavy atom. The van der Waals surface area contributed by atoms with Gasteiger partial charge in [-0.05, 0) is 18.6 Å². The van der Waals surface area contributed by atoms with Gasteiger partial charge in [0.05, 0.1) is 13.0 Å². The Kier molecular flexibility index (Phi) is 5.12. The summed E-state index contributed by atoms with van der Waals surface area (Å²) in [6, 6.07) is 7.91. The van der Waals surface area contributed by atoms with Crippen molar-refractivity contribution in [3.63, 3.8) is 0 Å². The molecule has 0 aliphatic carbocycles. The van der Waals surface area contributed by atoms with Crippen molar-refractivity contribution >= 4 is 17.7 Å². The summed E-state index contributed by atoms with van der Waals surface area (Å²) in [7, 11) is 1.87. The van der Waals surface area contributed by atoms with Gasteiger partial charge >= 0.3 is 5.97 Å². The van der Waals surface area contributed by atoms with Crippen LogP contribution < -0.4 is 5.32 Å². The Morgan fingerprint density at radius 2 is 2.19 bits per heavy atom. The molecule has 16 heavy (non-hydrogen) atoms. The number of carbonyl (C=O) groups excluding carboxylic acids is 1. The number of nitrogens with one attached hydrogen (secondary N) is 1. The normalized spacial score (nSPS) is 10.4. The van der Waals surface area contributed by atoms with Crippen molar-refractivity contribution in [3.05, 3.63) is 35.9 Å². The lowest BCUT2D eigenvalue weighted by molar-refractivity contribution is -0.142. The number of rotatable bonds is 5. The van der Waals surface area contributed by atoms with E-state index >= 15 is 0 Å². The van der Waals surface area contributed by atoms with E-state index in [0.717, 1.165) is 11.3 Å². The summed E-state index contributed by atoms with van der Waals surface area (Å²) in [4.78, 5) is 11.1. The molecule has 0 fully saturated rings. The van der Waals surface area contributed by atoms with Crippen LogP contribution in [-0.4, -0.2) is 19.6 Å². The van der Waals surface area contributed by atoms with Crippen molar-refractivity contribution in [2.24, 2.45) is 0 Å². The van der Waals surface area contributed by atoms with Crippen molar-refractivity contribution in [2.75, 3.05) is 19.0 Å². The van der Waals surface area contributed by atoms with Crippen LogP contribution >= 0.6 is 0 Å². The van der Waals surface area contributed by atoms with Gasteiger partial charge in [0.2, 0.25) is 0 Å². The zero-order chi connectivity index (χ0) is 11.8. The van der Waals surface area contributed by atoms with Crippen molar-refractivity contribution < 1.29 is 9.53 Å². The molecule has 0 atom stereocenters. The minimum Gasteiger partial charge on any atom is -0.466 e. The van der Waals surface area contributed by atoms with E-state index in [4.69, 9.17) is 4.74 Å². The molecule has 0 unspecified atom stereocenters. The summed E-state index contributed by atoms with van der Waals surface area (Å²) in [5.74, 6) is -0.194. The molecule has 1 aromatic rings. The summed E-state index contributed by atoms with van der Waals surface area (Å²) < 4.78 is 4.83. The molecule has 0 spiro atoms. The minimum absolute atomic E-state index is 0.194. The van der Waals surface area contributed by atoms with Crippen LogP contribution in [-0.2, 0) is 9.53 Å². The maximum Gasteiger partial charge on any atom is 0.309 e. The molecule has 0 radical (unpaired) electrons. The van der Waals surface area contributed by atoms with E-state index in [2.05, 4.69) is 5.32 Å². The summed E-state index contributed by atoms with van der Waals surface area (Å²) in [5, 5.41) is 3.09. The van der Waals surface area contributed by atoms with Crippen LogP contribution in [0.15, 0.2) is 30.3 Å². The molecule has 0 aromatic heterocycles. The number of carbonyl (C=O) groups is 1. The Balaban J connectivity index is 2.58. The second-order valence-electron chi connectivity index (χ2n) is 3.25. The molecule has 0 aliphatic rings. The highest BCUT2D eigenvalue weighted by molar-refractivity contribution is 5.74. The van der Waals surface area contributed by atoms with E-state index in [1.807, 2.05) is 43.5 Å². The van der Waals surface area contributed by atoms with Gasteiger partial charge in [-0.3, -0.25) is 4.79 Å². The molecule has 0 saturated carbocycles. The molecular weight excluding hydrogens is 202 g/mol. The Bertz CT molecular complexity index is 372. The van der Waals surface area contributed by atoms with Crippen LogP contribution in [0.5, 0.6) is 0 Å². The van der Waals surface area contributed by atoms with Gasteiger partial charge in [-0.15, -0.1) is 0 Å². The summed E-state index contributed by atoms with van der Waals surface area (Å²) in [6.45, 7) is 2.23. The molecule has 3 heteroatoms.